The number of carbonyl (C=O) groups excluding carboxylic acids is 1. The number of esters is 1. The minimum Gasteiger partial charge on any atom is -0.457 e. The van der Waals surface area contributed by atoms with Crippen molar-refractivity contribution in [3.8, 4) is 0 Å². The average Bonchev–Trinajstić information content (AvgIpc) is 3.26. The third-order valence-corrected chi connectivity index (χ3v) is 12.9. The summed E-state index contributed by atoms with van der Waals surface area (Å²) in [5, 5.41) is 0. The summed E-state index contributed by atoms with van der Waals surface area (Å²) in [6.07, 6.45) is 59.4. The van der Waals surface area contributed by atoms with Gasteiger partial charge >= 0.3 is 13.8 Å². The van der Waals surface area contributed by atoms with E-state index >= 15 is 0 Å². The highest BCUT2D eigenvalue weighted by Crippen LogP contribution is 2.43. The zero-order valence-electron chi connectivity index (χ0n) is 41.1. The van der Waals surface area contributed by atoms with Crippen LogP contribution in [0.25, 0.3) is 0 Å². The molecule has 0 spiro atoms. The molecule has 0 aliphatic carbocycles. The summed E-state index contributed by atoms with van der Waals surface area (Å²) in [5.74, 6) is -0.333. The normalized spacial score (nSPS) is 13.4. The van der Waals surface area contributed by atoms with Crippen molar-refractivity contribution in [2.75, 3.05) is 33.0 Å². The van der Waals surface area contributed by atoms with E-state index < -0.39 is 13.9 Å². The Morgan fingerprint density at radius 2 is 0.855 bits per heavy atom. The summed E-state index contributed by atoms with van der Waals surface area (Å²) >= 11 is 0. The number of nitrogens with two attached hydrogens (primary N) is 1. The number of hydrogen-bond acceptors (Lipinski definition) is 7. The number of ether oxygens (including phenoxy) is 2. The van der Waals surface area contributed by atoms with E-state index in [1.165, 1.54) is 205 Å². The van der Waals surface area contributed by atoms with Gasteiger partial charge < -0.3 is 20.1 Å². The van der Waals surface area contributed by atoms with Crippen LogP contribution in [-0.4, -0.2) is 49.9 Å². The molecule has 3 N–H and O–H groups in total. The quantitative estimate of drug-likeness (QED) is 0.0268. The lowest BCUT2D eigenvalue weighted by molar-refractivity contribution is -0.154. The van der Waals surface area contributed by atoms with Crippen molar-refractivity contribution in [1.82, 2.24) is 0 Å². The Bertz CT molecular complexity index is 1010. The maximum atomic E-state index is 12.6. The fraction of sp³-hybridized carbons (Fsp3) is 0.906. The van der Waals surface area contributed by atoms with Gasteiger partial charge in [-0.2, -0.15) is 0 Å². The Labute approximate surface area is 385 Å². The van der Waals surface area contributed by atoms with Gasteiger partial charge in [-0.15, -0.1) is 0 Å². The molecule has 8 nitrogen and oxygen atoms in total. The van der Waals surface area contributed by atoms with Crippen LogP contribution in [0.2, 0.25) is 0 Å². The number of phosphoric acid groups is 1. The molecular weight excluding hydrogens is 794 g/mol. The van der Waals surface area contributed by atoms with Crippen molar-refractivity contribution < 1.29 is 32.8 Å². The maximum Gasteiger partial charge on any atom is 0.472 e. The maximum absolute atomic E-state index is 12.6. The Balaban J connectivity index is 3.85. The van der Waals surface area contributed by atoms with E-state index in [1.807, 2.05) is 0 Å². The van der Waals surface area contributed by atoms with Gasteiger partial charge in [0.25, 0.3) is 0 Å². The molecule has 368 valence electrons. The minimum atomic E-state index is -4.28. The van der Waals surface area contributed by atoms with Gasteiger partial charge in [0.2, 0.25) is 0 Å². The van der Waals surface area contributed by atoms with Crippen molar-refractivity contribution in [1.29, 1.82) is 0 Å². The standard InChI is InChI=1S/C53H104NO7P/c1-3-5-7-9-11-13-15-17-19-21-22-23-24-25-26-27-28-29-31-33-35-37-39-41-43-45-48-58-50-52(51-60-62(56,57)59-49-47-54)61-53(55)46-44-42-40-38-36-34-32-30-20-18-16-14-12-10-8-6-4-2/h12,14,18,20,52H,3-11,13,15-17,19,21-51,54H2,1-2H3,(H,56,57)/b14-12-,20-18-. The van der Waals surface area contributed by atoms with Crippen LogP contribution in [0.4, 0.5) is 0 Å². The third kappa shape index (κ3) is 50.0. The van der Waals surface area contributed by atoms with E-state index in [2.05, 4.69) is 38.2 Å². The van der Waals surface area contributed by atoms with Crippen LogP contribution < -0.4 is 5.73 Å². The van der Waals surface area contributed by atoms with Crippen molar-refractivity contribution in [3.05, 3.63) is 24.3 Å². The lowest BCUT2D eigenvalue weighted by Crippen LogP contribution is -2.28. The van der Waals surface area contributed by atoms with Crippen LogP contribution in [0, 0.1) is 0 Å². The van der Waals surface area contributed by atoms with Crippen molar-refractivity contribution in [3.63, 3.8) is 0 Å². The van der Waals surface area contributed by atoms with E-state index in [9.17, 15) is 14.3 Å². The second kappa shape index (κ2) is 51.0. The molecule has 2 atom stereocenters. The molecule has 0 amide bonds. The molecular formula is C53H104NO7P. The predicted molar refractivity (Wildman–Crippen MR) is 266 cm³/mol. The van der Waals surface area contributed by atoms with Crippen LogP contribution in [-0.2, 0) is 27.9 Å². The molecule has 0 rings (SSSR count). The molecule has 0 aliphatic heterocycles. The molecule has 0 bridgehead atoms. The monoisotopic (exact) mass is 898 g/mol. The Hall–Kier alpha value is -1.02. The molecule has 2 unspecified atom stereocenters. The third-order valence-electron chi connectivity index (χ3n) is 11.9. The molecule has 0 saturated heterocycles. The predicted octanol–water partition coefficient (Wildman–Crippen LogP) is 16.8. The second-order valence-corrected chi connectivity index (χ2v) is 19.6. The summed E-state index contributed by atoms with van der Waals surface area (Å²) < 4.78 is 33.6. The van der Waals surface area contributed by atoms with Crippen LogP contribution in [0.3, 0.4) is 0 Å². The van der Waals surface area contributed by atoms with Gasteiger partial charge in [0, 0.05) is 19.6 Å². The number of unbranched alkanes of at least 4 members (excludes halogenated alkanes) is 35. The largest absolute Gasteiger partial charge is 0.472 e. The minimum absolute atomic E-state index is 0.0947. The van der Waals surface area contributed by atoms with Crippen LogP contribution in [0.1, 0.15) is 271 Å². The topological polar surface area (TPSA) is 117 Å². The summed E-state index contributed by atoms with van der Waals surface area (Å²) in [4.78, 5) is 22.6. The summed E-state index contributed by atoms with van der Waals surface area (Å²) in [6, 6.07) is 0. The van der Waals surface area contributed by atoms with Gasteiger partial charge in [0.05, 0.1) is 19.8 Å². The number of rotatable bonds is 52. The van der Waals surface area contributed by atoms with Gasteiger partial charge in [0.15, 0.2) is 0 Å². The first-order valence-corrected chi connectivity index (χ1v) is 28.3. The van der Waals surface area contributed by atoms with Crippen molar-refractivity contribution >= 4 is 13.8 Å². The zero-order valence-corrected chi connectivity index (χ0v) is 42.0. The molecule has 0 aromatic carbocycles. The molecule has 0 fully saturated rings. The molecule has 0 heterocycles. The molecule has 0 saturated carbocycles. The van der Waals surface area contributed by atoms with E-state index in [0.29, 0.717) is 13.0 Å². The first-order valence-electron chi connectivity index (χ1n) is 26.8. The van der Waals surface area contributed by atoms with E-state index in [0.717, 1.165) is 44.9 Å². The first-order chi connectivity index (χ1) is 30.4. The summed E-state index contributed by atoms with van der Waals surface area (Å²) in [6.45, 7) is 4.95. The summed E-state index contributed by atoms with van der Waals surface area (Å²) in [5.41, 5.74) is 5.39. The van der Waals surface area contributed by atoms with Crippen molar-refractivity contribution in [2.24, 2.45) is 5.73 Å². The number of phosphoric ester groups is 1. The fourth-order valence-electron chi connectivity index (χ4n) is 7.91. The average molecular weight is 898 g/mol. The molecule has 9 heteroatoms. The Kier molecular flexibility index (Phi) is 50.1. The Morgan fingerprint density at radius 3 is 1.29 bits per heavy atom. The molecule has 0 aromatic heterocycles. The molecule has 0 aliphatic rings. The molecule has 0 radical (unpaired) electrons. The lowest BCUT2D eigenvalue weighted by atomic mass is 10.0. The van der Waals surface area contributed by atoms with Crippen LogP contribution in [0.5, 0.6) is 0 Å². The zero-order chi connectivity index (χ0) is 45.1. The van der Waals surface area contributed by atoms with E-state index in [4.69, 9.17) is 24.3 Å². The smallest absolute Gasteiger partial charge is 0.457 e. The number of allylic oxidation sites excluding steroid dienone is 4. The number of hydrogen-bond donors (Lipinski definition) is 2. The highest BCUT2D eigenvalue weighted by atomic mass is 31.2. The molecule has 62 heavy (non-hydrogen) atoms. The highest BCUT2D eigenvalue weighted by molar-refractivity contribution is 7.47. The highest BCUT2D eigenvalue weighted by Gasteiger charge is 2.25. The van der Waals surface area contributed by atoms with E-state index in [1.54, 1.807) is 0 Å². The van der Waals surface area contributed by atoms with E-state index in [-0.39, 0.29) is 32.3 Å². The van der Waals surface area contributed by atoms with Gasteiger partial charge in [-0.3, -0.25) is 13.8 Å². The van der Waals surface area contributed by atoms with Gasteiger partial charge in [-0.25, -0.2) is 4.57 Å². The van der Waals surface area contributed by atoms with Gasteiger partial charge in [0.1, 0.15) is 6.10 Å². The molecule has 0 aromatic rings. The Morgan fingerprint density at radius 1 is 0.484 bits per heavy atom. The number of carbonyl (C=O) groups is 1. The van der Waals surface area contributed by atoms with Gasteiger partial charge in [-0.05, 0) is 44.9 Å². The SMILES string of the molecule is CCCCC/C=C\C/C=C\CCCCCCCCCC(=O)OC(COCCCCCCCCCCCCCCCCCCCCCCCCCCCC)COP(=O)(O)OCCN. The van der Waals surface area contributed by atoms with Gasteiger partial charge in [-0.1, -0.05) is 244 Å². The van der Waals surface area contributed by atoms with Crippen molar-refractivity contribution in [2.45, 2.75) is 277 Å². The lowest BCUT2D eigenvalue weighted by Gasteiger charge is -2.20. The summed E-state index contributed by atoms with van der Waals surface area (Å²) in [7, 11) is -4.28. The first kappa shape index (κ1) is 61.0. The fourth-order valence-corrected chi connectivity index (χ4v) is 8.68. The second-order valence-electron chi connectivity index (χ2n) is 18.1. The van der Waals surface area contributed by atoms with Crippen LogP contribution in [0.15, 0.2) is 24.3 Å². The van der Waals surface area contributed by atoms with Crippen LogP contribution >= 0.6 is 7.82 Å².